The van der Waals surface area contributed by atoms with E-state index in [1.807, 2.05) is 24.4 Å². The summed E-state index contributed by atoms with van der Waals surface area (Å²) in [5, 5.41) is 4.26. The van der Waals surface area contributed by atoms with Gasteiger partial charge in [-0.15, -0.1) is 0 Å². The smallest absolute Gasteiger partial charge is 0.0637 e. The van der Waals surface area contributed by atoms with E-state index >= 15 is 0 Å². The number of hydrogen-bond acceptors (Lipinski definition) is 1. The number of hydrogen-bond donors (Lipinski definition) is 2. The summed E-state index contributed by atoms with van der Waals surface area (Å²) in [6.07, 6.45) is 3.61. The highest BCUT2D eigenvalue weighted by Gasteiger charge is 1.98. The second kappa shape index (κ2) is 2.74. The van der Waals surface area contributed by atoms with Crippen molar-refractivity contribution in [2.24, 2.45) is 0 Å². The van der Waals surface area contributed by atoms with Crippen LogP contribution in [0, 0.1) is 0 Å². The van der Waals surface area contributed by atoms with Crippen LogP contribution >= 0.6 is 0 Å². The molecule has 2 nitrogen and oxygen atoms in total. The van der Waals surface area contributed by atoms with Crippen LogP contribution in [0.3, 0.4) is 0 Å². The third kappa shape index (κ3) is 0.975. The zero-order chi connectivity index (χ0) is 8.39. The first-order chi connectivity index (χ1) is 5.92. The summed E-state index contributed by atoms with van der Waals surface area (Å²) >= 11 is 0. The molecule has 0 saturated heterocycles. The van der Waals surface area contributed by atoms with Crippen molar-refractivity contribution in [3.8, 4) is 0 Å². The number of benzene rings is 1. The predicted octanol–water partition coefficient (Wildman–Crippen LogP) is 2.72. The maximum absolute atomic E-state index is 3.62. The Morgan fingerprint density at radius 1 is 1.33 bits per heavy atom. The lowest BCUT2D eigenvalue weighted by atomic mass is 10.2. The zero-order valence-electron chi connectivity index (χ0n) is 6.67. The normalized spacial score (nSPS) is 10.0. The van der Waals surface area contributed by atoms with E-state index < -0.39 is 0 Å². The lowest BCUT2D eigenvalue weighted by Gasteiger charge is -1.95. The Bertz CT molecular complexity index is 401. The fourth-order valence-electron chi connectivity index (χ4n) is 1.30. The highest BCUT2D eigenvalue weighted by atomic mass is 14.9. The number of fused-ring (bicyclic) bond motifs is 1. The first-order valence-electron chi connectivity index (χ1n) is 3.85. The van der Waals surface area contributed by atoms with Gasteiger partial charge in [-0.1, -0.05) is 24.8 Å². The Hall–Kier alpha value is -1.70. The van der Waals surface area contributed by atoms with Crippen molar-refractivity contribution >= 4 is 16.6 Å². The van der Waals surface area contributed by atoms with Crippen molar-refractivity contribution in [1.82, 2.24) is 4.98 Å². The molecule has 2 heteroatoms. The topological polar surface area (TPSA) is 27.8 Å². The number of H-pyrrole nitrogens is 1. The van der Waals surface area contributed by atoms with Gasteiger partial charge in [0.2, 0.25) is 0 Å². The minimum Gasteiger partial charge on any atom is -0.361 e. The molecule has 60 valence electrons. The molecule has 1 heterocycles. The monoisotopic (exact) mass is 158 g/mol. The highest BCUT2D eigenvalue weighted by molar-refractivity contribution is 5.92. The fourth-order valence-corrected chi connectivity index (χ4v) is 1.30. The largest absolute Gasteiger partial charge is 0.361 e. The number of para-hydroxylation sites is 1. The van der Waals surface area contributed by atoms with Gasteiger partial charge in [-0.2, -0.15) is 0 Å². The summed E-state index contributed by atoms with van der Waals surface area (Å²) in [6, 6.07) is 8.14. The van der Waals surface area contributed by atoms with Crippen LogP contribution in [-0.2, 0) is 0 Å². The van der Waals surface area contributed by atoms with Crippen LogP contribution in [0.2, 0.25) is 0 Å². The minimum absolute atomic E-state index is 1.07. The summed E-state index contributed by atoms with van der Waals surface area (Å²) in [7, 11) is 0. The van der Waals surface area contributed by atoms with Crippen molar-refractivity contribution in [1.29, 1.82) is 0 Å². The molecule has 2 N–H and O–H groups in total. The number of aromatic amines is 1. The van der Waals surface area contributed by atoms with E-state index in [2.05, 4.69) is 22.9 Å². The van der Waals surface area contributed by atoms with Gasteiger partial charge in [0.15, 0.2) is 0 Å². The van der Waals surface area contributed by atoms with Crippen LogP contribution in [-0.4, -0.2) is 4.98 Å². The second-order valence-electron chi connectivity index (χ2n) is 2.60. The van der Waals surface area contributed by atoms with Crippen LogP contribution < -0.4 is 5.32 Å². The summed E-state index contributed by atoms with van der Waals surface area (Å²) in [5.41, 5.74) is 2.21. The summed E-state index contributed by atoms with van der Waals surface area (Å²) < 4.78 is 0. The van der Waals surface area contributed by atoms with Crippen LogP contribution in [0.5, 0.6) is 0 Å². The van der Waals surface area contributed by atoms with Crippen molar-refractivity contribution in [3.63, 3.8) is 0 Å². The molecule has 1 aromatic carbocycles. The van der Waals surface area contributed by atoms with Crippen molar-refractivity contribution in [2.75, 3.05) is 5.32 Å². The minimum atomic E-state index is 1.07. The molecule has 2 aromatic rings. The number of anilines is 1. The average Bonchev–Trinajstić information content (AvgIpc) is 2.50. The molecule has 0 aliphatic rings. The molecule has 1 aromatic heterocycles. The summed E-state index contributed by atoms with van der Waals surface area (Å²) in [6.45, 7) is 3.62. The van der Waals surface area contributed by atoms with E-state index in [1.165, 1.54) is 5.39 Å². The maximum atomic E-state index is 3.62. The standard InChI is InChI=1S/C10H10N2/c1-2-11-10-7-12-9-6-4-3-5-8(9)10/h2-7,11-12H,1H2. The summed E-state index contributed by atoms with van der Waals surface area (Å²) in [5.74, 6) is 0. The van der Waals surface area contributed by atoms with Gasteiger partial charge < -0.3 is 10.3 Å². The molecular weight excluding hydrogens is 148 g/mol. The molecule has 12 heavy (non-hydrogen) atoms. The van der Waals surface area contributed by atoms with Gasteiger partial charge in [-0.3, -0.25) is 0 Å². The van der Waals surface area contributed by atoms with Gasteiger partial charge in [0.1, 0.15) is 0 Å². The van der Waals surface area contributed by atoms with Gasteiger partial charge in [-0.25, -0.2) is 0 Å². The average molecular weight is 158 g/mol. The number of aromatic nitrogens is 1. The predicted molar refractivity (Wildman–Crippen MR) is 52.1 cm³/mol. The molecule has 0 aliphatic carbocycles. The molecule has 0 atom stereocenters. The Kier molecular flexibility index (Phi) is 1.59. The molecule has 0 aliphatic heterocycles. The van der Waals surface area contributed by atoms with E-state index in [0.29, 0.717) is 0 Å². The van der Waals surface area contributed by atoms with Crippen molar-refractivity contribution in [3.05, 3.63) is 43.2 Å². The molecule has 0 amide bonds. The highest BCUT2D eigenvalue weighted by Crippen LogP contribution is 2.21. The first kappa shape index (κ1) is 6.98. The van der Waals surface area contributed by atoms with E-state index in [-0.39, 0.29) is 0 Å². The fraction of sp³-hybridized carbons (Fsp3) is 0. The molecule has 0 unspecified atom stereocenters. The molecule has 0 spiro atoms. The summed E-state index contributed by atoms with van der Waals surface area (Å²) in [4.78, 5) is 3.16. The third-order valence-corrected chi connectivity index (χ3v) is 1.85. The SMILES string of the molecule is C=CNc1c[nH]c2ccccc12. The van der Waals surface area contributed by atoms with E-state index in [9.17, 15) is 0 Å². The van der Waals surface area contributed by atoms with Gasteiger partial charge in [-0.05, 0) is 12.3 Å². The van der Waals surface area contributed by atoms with Crippen LogP contribution in [0.15, 0.2) is 43.2 Å². The zero-order valence-corrected chi connectivity index (χ0v) is 6.67. The van der Waals surface area contributed by atoms with E-state index in [1.54, 1.807) is 6.20 Å². The molecular formula is C10H10N2. The molecule has 0 fully saturated rings. The molecule has 0 bridgehead atoms. The Morgan fingerprint density at radius 3 is 3.00 bits per heavy atom. The first-order valence-corrected chi connectivity index (χ1v) is 3.85. The Labute approximate surface area is 70.9 Å². The van der Waals surface area contributed by atoms with Gasteiger partial charge in [0.05, 0.1) is 5.69 Å². The van der Waals surface area contributed by atoms with Crippen molar-refractivity contribution < 1.29 is 0 Å². The third-order valence-electron chi connectivity index (χ3n) is 1.85. The Morgan fingerprint density at radius 2 is 2.17 bits per heavy atom. The van der Waals surface area contributed by atoms with Gasteiger partial charge in [0, 0.05) is 17.1 Å². The molecule has 0 saturated carbocycles. The van der Waals surface area contributed by atoms with Crippen LogP contribution in [0.1, 0.15) is 0 Å². The van der Waals surface area contributed by atoms with Crippen LogP contribution in [0.4, 0.5) is 5.69 Å². The van der Waals surface area contributed by atoms with E-state index in [0.717, 1.165) is 11.2 Å². The van der Waals surface area contributed by atoms with Gasteiger partial charge in [0.25, 0.3) is 0 Å². The Balaban J connectivity index is 2.62. The quantitative estimate of drug-likeness (QED) is 0.691. The lowest BCUT2D eigenvalue weighted by Crippen LogP contribution is -1.82. The number of rotatable bonds is 2. The number of nitrogens with one attached hydrogen (secondary N) is 2. The van der Waals surface area contributed by atoms with Crippen LogP contribution in [0.25, 0.3) is 10.9 Å². The maximum Gasteiger partial charge on any atom is 0.0637 e. The van der Waals surface area contributed by atoms with E-state index in [4.69, 9.17) is 0 Å². The second-order valence-corrected chi connectivity index (χ2v) is 2.60. The van der Waals surface area contributed by atoms with Gasteiger partial charge >= 0.3 is 0 Å². The van der Waals surface area contributed by atoms with Crippen molar-refractivity contribution in [2.45, 2.75) is 0 Å². The molecule has 0 radical (unpaired) electrons. The molecule has 2 rings (SSSR count). The lowest BCUT2D eigenvalue weighted by molar-refractivity contribution is 1.47.